The third kappa shape index (κ3) is 2.89. The Labute approximate surface area is 186 Å². The van der Waals surface area contributed by atoms with Crippen LogP contribution in [0.25, 0.3) is 0 Å². The van der Waals surface area contributed by atoms with Gasteiger partial charge in [0.05, 0.1) is 11.1 Å². The normalized spacial score (nSPS) is 18.4. The van der Waals surface area contributed by atoms with Crippen molar-refractivity contribution in [2.24, 2.45) is 0 Å². The topological polar surface area (TPSA) is 140 Å². The van der Waals surface area contributed by atoms with Crippen LogP contribution in [0.2, 0.25) is 0 Å². The molecule has 0 bridgehead atoms. The van der Waals surface area contributed by atoms with E-state index in [1.807, 2.05) is 0 Å². The van der Waals surface area contributed by atoms with E-state index in [-0.39, 0.29) is 39.7 Å². The summed E-state index contributed by atoms with van der Waals surface area (Å²) in [5, 5.41) is 30.2. The first-order valence-electron chi connectivity index (χ1n) is 9.84. The van der Waals surface area contributed by atoms with Crippen LogP contribution in [0.5, 0.6) is 23.0 Å². The van der Waals surface area contributed by atoms with E-state index in [2.05, 4.69) is 0 Å². The van der Waals surface area contributed by atoms with E-state index < -0.39 is 29.6 Å². The van der Waals surface area contributed by atoms with E-state index in [1.54, 1.807) is 24.3 Å². The number of fused-ring (bicyclic) bond motifs is 6. The van der Waals surface area contributed by atoms with E-state index in [4.69, 9.17) is 14.2 Å². The van der Waals surface area contributed by atoms with Crippen LogP contribution in [0.1, 0.15) is 45.6 Å². The van der Waals surface area contributed by atoms with Crippen LogP contribution >= 0.6 is 0 Å². The fourth-order valence-electron chi connectivity index (χ4n) is 4.44. The number of rotatable bonds is 3. The Morgan fingerprint density at radius 1 is 0.970 bits per heavy atom. The zero-order chi connectivity index (χ0) is 23.5. The number of phenols is 2. The number of carbonyl (C=O) groups is 3. The smallest absolute Gasteiger partial charge is 0.349 e. The molecule has 2 unspecified atom stereocenters. The Bertz CT molecular complexity index is 1360. The second kappa shape index (κ2) is 6.99. The molecule has 2 aliphatic heterocycles. The van der Waals surface area contributed by atoms with Gasteiger partial charge in [-0.05, 0) is 24.3 Å². The van der Waals surface area contributed by atoms with Crippen LogP contribution in [0.15, 0.2) is 54.6 Å². The molecule has 0 aromatic heterocycles. The van der Waals surface area contributed by atoms with Crippen molar-refractivity contribution in [3.8, 4) is 23.0 Å². The summed E-state index contributed by atoms with van der Waals surface area (Å²) in [6.07, 6.45) is -1.83. The summed E-state index contributed by atoms with van der Waals surface area (Å²) in [4.78, 5) is 36.7. The molecule has 2 atom stereocenters. The third-order valence-electron chi connectivity index (χ3n) is 5.60. The molecule has 0 saturated heterocycles. The molecule has 166 valence electrons. The van der Waals surface area contributed by atoms with E-state index >= 15 is 0 Å². The first-order valence-corrected chi connectivity index (χ1v) is 9.84. The number of hydrogen-bond donors (Lipinski definition) is 3. The van der Waals surface area contributed by atoms with E-state index in [0.29, 0.717) is 11.1 Å². The zero-order valence-electron chi connectivity index (χ0n) is 17.1. The molecule has 0 amide bonds. The minimum Gasteiger partial charge on any atom is -0.508 e. The molecule has 0 radical (unpaired) electrons. The van der Waals surface area contributed by atoms with Crippen LogP contribution in [0.3, 0.4) is 0 Å². The summed E-state index contributed by atoms with van der Waals surface area (Å²) in [6, 6.07) is 13.1. The van der Waals surface area contributed by atoms with Crippen molar-refractivity contribution in [1.82, 2.24) is 0 Å². The van der Waals surface area contributed by atoms with Crippen molar-refractivity contribution in [3.05, 3.63) is 82.4 Å². The number of aliphatic carboxylic acids is 1. The van der Waals surface area contributed by atoms with E-state index in [9.17, 15) is 29.7 Å². The number of esters is 2. The molecule has 1 spiro atoms. The third-order valence-corrected chi connectivity index (χ3v) is 5.60. The van der Waals surface area contributed by atoms with Gasteiger partial charge in [0, 0.05) is 35.7 Å². The van der Waals surface area contributed by atoms with Gasteiger partial charge in [-0.15, -0.1) is 0 Å². The highest BCUT2D eigenvalue weighted by atomic mass is 16.6. The lowest BCUT2D eigenvalue weighted by Crippen LogP contribution is -2.35. The Morgan fingerprint density at radius 2 is 1.70 bits per heavy atom. The second-order valence-corrected chi connectivity index (χ2v) is 7.63. The van der Waals surface area contributed by atoms with Gasteiger partial charge in [0.1, 0.15) is 23.0 Å². The van der Waals surface area contributed by atoms with Gasteiger partial charge in [-0.2, -0.15) is 0 Å². The molecule has 9 heteroatoms. The average Bonchev–Trinajstić information content (AvgIpc) is 3.04. The standard InChI is InChI=1S/C24H16O9/c1-11(25)31-21(22(28)29)15-8-13(27)10-19-20(15)24(17-7-6-12(26)9-18(17)32-19)16-5-3-2-4-14(16)23(30)33-24/h2-10,21,26-27H,1H3,(H,28,29). The zero-order valence-corrected chi connectivity index (χ0v) is 17.1. The van der Waals surface area contributed by atoms with Gasteiger partial charge in [-0.25, -0.2) is 9.59 Å². The Hall–Kier alpha value is -4.53. The summed E-state index contributed by atoms with van der Waals surface area (Å²) < 4.78 is 16.9. The molecule has 2 heterocycles. The number of carboxylic acid groups (broad SMARTS) is 1. The number of hydrogen-bond acceptors (Lipinski definition) is 8. The summed E-state index contributed by atoms with van der Waals surface area (Å²) in [7, 11) is 0. The lowest BCUT2D eigenvalue weighted by molar-refractivity contribution is -0.163. The first-order chi connectivity index (χ1) is 15.7. The fraction of sp³-hybridized carbons (Fsp3) is 0.125. The van der Waals surface area contributed by atoms with E-state index in [1.165, 1.54) is 24.3 Å². The maximum absolute atomic E-state index is 12.9. The highest BCUT2D eigenvalue weighted by Gasteiger charge is 2.55. The van der Waals surface area contributed by atoms with Crippen molar-refractivity contribution < 1.29 is 43.9 Å². The molecule has 3 N–H and O–H groups in total. The van der Waals surface area contributed by atoms with Gasteiger partial charge in [0.25, 0.3) is 0 Å². The number of carbonyl (C=O) groups excluding carboxylic acids is 2. The molecule has 2 aliphatic rings. The van der Waals surface area contributed by atoms with Gasteiger partial charge in [-0.1, -0.05) is 18.2 Å². The van der Waals surface area contributed by atoms with Crippen LogP contribution in [-0.4, -0.2) is 33.2 Å². The van der Waals surface area contributed by atoms with Crippen LogP contribution in [-0.2, 0) is 24.7 Å². The average molecular weight is 448 g/mol. The largest absolute Gasteiger partial charge is 0.508 e. The van der Waals surface area contributed by atoms with Crippen LogP contribution < -0.4 is 4.74 Å². The Morgan fingerprint density at radius 3 is 2.42 bits per heavy atom. The number of carboxylic acids is 1. The van der Waals surface area contributed by atoms with Crippen LogP contribution in [0.4, 0.5) is 0 Å². The quantitative estimate of drug-likeness (QED) is 0.515. The van der Waals surface area contributed by atoms with Gasteiger partial charge in [-0.3, -0.25) is 4.79 Å². The Balaban J connectivity index is 1.91. The Kier molecular flexibility index (Phi) is 4.32. The van der Waals surface area contributed by atoms with E-state index in [0.717, 1.165) is 13.0 Å². The van der Waals surface area contributed by atoms with Crippen molar-refractivity contribution in [1.29, 1.82) is 0 Å². The second-order valence-electron chi connectivity index (χ2n) is 7.63. The maximum Gasteiger partial charge on any atom is 0.349 e. The van der Waals surface area contributed by atoms with Gasteiger partial charge < -0.3 is 29.5 Å². The highest BCUT2D eigenvalue weighted by molar-refractivity contribution is 5.97. The molecule has 0 aliphatic carbocycles. The van der Waals surface area contributed by atoms with Crippen molar-refractivity contribution in [2.45, 2.75) is 18.6 Å². The minimum atomic E-state index is -1.83. The van der Waals surface area contributed by atoms with Crippen molar-refractivity contribution in [2.75, 3.05) is 0 Å². The fourth-order valence-corrected chi connectivity index (χ4v) is 4.44. The summed E-state index contributed by atoms with van der Waals surface area (Å²) in [5.74, 6) is -3.38. The van der Waals surface area contributed by atoms with Gasteiger partial charge in [0.15, 0.2) is 5.60 Å². The molecule has 0 saturated carbocycles. The summed E-state index contributed by atoms with van der Waals surface area (Å²) >= 11 is 0. The molecular formula is C24H16O9. The van der Waals surface area contributed by atoms with Gasteiger partial charge >= 0.3 is 17.9 Å². The number of benzene rings is 3. The van der Waals surface area contributed by atoms with Crippen molar-refractivity contribution >= 4 is 17.9 Å². The summed E-state index contributed by atoms with van der Waals surface area (Å²) in [5.41, 5.74) is -0.735. The molecule has 5 rings (SSSR count). The predicted octanol–water partition coefficient (Wildman–Crippen LogP) is 3.35. The monoisotopic (exact) mass is 448 g/mol. The molecule has 9 nitrogen and oxygen atoms in total. The van der Waals surface area contributed by atoms with Crippen molar-refractivity contribution in [3.63, 3.8) is 0 Å². The SMILES string of the molecule is CC(=O)OC(C(=O)O)c1cc(O)cc2c1C1(OC(=O)c3ccccc31)c1ccc(O)cc1O2. The molecular weight excluding hydrogens is 432 g/mol. The lowest BCUT2D eigenvalue weighted by atomic mass is 9.75. The molecule has 3 aromatic carbocycles. The number of phenolic OH excluding ortho intramolecular Hbond substituents is 2. The summed E-state index contributed by atoms with van der Waals surface area (Å²) in [6.45, 7) is 1.06. The molecule has 0 fully saturated rings. The van der Waals surface area contributed by atoms with Crippen LogP contribution in [0, 0.1) is 0 Å². The predicted molar refractivity (Wildman–Crippen MR) is 110 cm³/mol. The maximum atomic E-state index is 12.9. The molecule has 3 aromatic rings. The molecule has 33 heavy (non-hydrogen) atoms. The highest BCUT2D eigenvalue weighted by Crippen LogP contribution is 2.58. The number of ether oxygens (including phenoxy) is 3. The first kappa shape index (κ1) is 20.4. The minimum absolute atomic E-state index is 0.0222. The lowest BCUT2D eigenvalue weighted by Gasteiger charge is -2.38. The number of aromatic hydroxyl groups is 2. The van der Waals surface area contributed by atoms with Gasteiger partial charge in [0.2, 0.25) is 6.10 Å².